The van der Waals surface area contributed by atoms with E-state index in [9.17, 15) is 19.3 Å². The van der Waals surface area contributed by atoms with E-state index in [4.69, 9.17) is 5.26 Å². The van der Waals surface area contributed by atoms with Gasteiger partial charge in [0.1, 0.15) is 5.92 Å². The topological polar surface area (TPSA) is 96.0 Å². The van der Waals surface area contributed by atoms with Crippen LogP contribution in [0.3, 0.4) is 0 Å². The Morgan fingerprint density at radius 1 is 1.67 bits per heavy atom. The van der Waals surface area contributed by atoms with Crippen LogP contribution < -0.4 is 5.32 Å². The molecule has 1 N–H and O–H groups in total. The van der Waals surface area contributed by atoms with E-state index in [2.05, 4.69) is 5.32 Å². The van der Waals surface area contributed by atoms with Crippen LogP contribution >= 0.6 is 0 Å². The van der Waals surface area contributed by atoms with Crippen LogP contribution in [0.1, 0.15) is 13.3 Å². The first-order valence-electron chi connectivity index (χ1n) is 5.14. The first kappa shape index (κ1) is 13.6. The number of para-hydroxylation sites is 1. The number of benzene rings is 1. The van der Waals surface area contributed by atoms with Crippen LogP contribution in [0.15, 0.2) is 18.2 Å². The Labute approximate surface area is 102 Å². The molecule has 1 unspecified atom stereocenters. The van der Waals surface area contributed by atoms with Crippen molar-refractivity contribution >= 4 is 17.3 Å². The molecular weight excluding hydrogens is 241 g/mol. The minimum Gasteiger partial charge on any atom is -0.317 e. The van der Waals surface area contributed by atoms with Crippen molar-refractivity contribution in [3.63, 3.8) is 0 Å². The highest BCUT2D eigenvalue weighted by atomic mass is 19.1. The summed E-state index contributed by atoms with van der Waals surface area (Å²) in [7, 11) is 0. The van der Waals surface area contributed by atoms with E-state index in [1.165, 1.54) is 6.07 Å². The number of hydrogen-bond acceptors (Lipinski definition) is 4. The van der Waals surface area contributed by atoms with Gasteiger partial charge >= 0.3 is 0 Å². The Morgan fingerprint density at radius 3 is 2.83 bits per heavy atom. The lowest BCUT2D eigenvalue weighted by atomic mass is 10.1. The second-order valence-electron chi connectivity index (χ2n) is 3.47. The lowest BCUT2D eigenvalue weighted by Gasteiger charge is -2.09. The predicted molar refractivity (Wildman–Crippen MR) is 61.1 cm³/mol. The second kappa shape index (κ2) is 5.72. The normalized spacial score (nSPS) is 11.4. The Bertz CT molecular complexity index is 525. The molecule has 1 aromatic rings. The maximum absolute atomic E-state index is 13.4. The molecule has 7 heteroatoms. The third kappa shape index (κ3) is 2.79. The van der Waals surface area contributed by atoms with Gasteiger partial charge in [0.25, 0.3) is 5.69 Å². The molecule has 1 atom stereocenters. The monoisotopic (exact) mass is 251 g/mol. The summed E-state index contributed by atoms with van der Waals surface area (Å²) >= 11 is 0. The average Bonchev–Trinajstić information content (AvgIpc) is 2.33. The molecule has 0 bridgehead atoms. The van der Waals surface area contributed by atoms with Crippen LogP contribution in [0, 0.1) is 33.2 Å². The van der Waals surface area contributed by atoms with Gasteiger partial charge in [-0.2, -0.15) is 5.26 Å². The van der Waals surface area contributed by atoms with Crippen LogP contribution in [0.25, 0.3) is 0 Å². The number of nitriles is 1. The van der Waals surface area contributed by atoms with Gasteiger partial charge in [0.15, 0.2) is 11.5 Å². The lowest BCUT2D eigenvalue weighted by Crippen LogP contribution is -2.22. The fourth-order valence-electron chi connectivity index (χ4n) is 1.33. The van der Waals surface area contributed by atoms with E-state index in [0.29, 0.717) is 0 Å². The molecule has 0 aromatic heterocycles. The second-order valence-corrected chi connectivity index (χ2v) is 3.47. The van der Waals surface area contributed by atoms with Crippen molar-refractivity contribution in [2.75, 3.05) is 5.32 Å². The van der Waals surface area contributed by atoms with Gasteiger partial charge in [0, 0.05) is 6.07 Å². The van der Waals surface area contributed by atoms with E-state index in [0.717, 1.165) is 12.1 Å². The first-order chi connectivity index (χ1) is 8.51. The van der Waals surface area contributed by atoms with E-state index in [1.54, 1.807) is 13.0 Å². The van der Waals surface area contributed by atoms with Crippen molar-refractivity contribution in [2.45, 2.75) is 13.3 Å². The predicted octanol–water partition coefficient (Wildman–Crippen LogP) is 2.22. The Balaban J connectivity index is 3.08. The largest absolute Gasteiger partial charge is 0.317 e. The molecule has 0 fully saturated rings. The van der Waals surface area contributed by atoms with Gasteiger partial charge in [-0.1, -0.05) is 13.0 Å². The summed E-state index contributed by atoms with van der Waals surface area (Å²) in [5.41, 5.74) is -1.06. The van der Waals surface area contributed by atoms with Gasteiger partial charge in [-0.15, -0.1) is 0 Å². The van der Waals surface area contributed by atoms with Crippen molar-refractivity contribution < 1.29 is 14.1 Å². The zero-order valence-corrected chi connectivity index (χ0v) is 9.51. The summed E-state index contributed by atoms with van der Waals surface area (Å²) < 4.78 is 13.4. The summed E-state index contributed by atoms with van der Waals surface area (Å²) in [4.78, 5) is 21.5. The summed E-state index contributed by atoms with van der Waals surface area (Å²) in [6.07, 6.45) is 0.241. The van der Waals surface area contributed by atoms with Gasteiger partial charge in [-0.3, -0.25) is 14.9 Å². The number of anilines is 1. The van der Waals surface area contributed by atoms with E-state index in [1.807, 2.05) is 0 Å². The zero-order chi connectivity index (χ0) is 13.7. The highest BCUT2D eigenvalue weighted by molar-refractivity contribution is 5.96. The minimum atomic E-state index is -0.968. The number of carbonyl (C=O) groups excluding carboxylic acids is 1. The first-order valence-corrected chi connectivity index (χ1v) is 5.14. The van der Waals surface area contributed by atoms with Gasteiger partial charge in [0.2, 0.25) is 5.91 Å². The van der Waals surface area contributed by atoms with Crippen molar-refractivity contribution in [3.8, 4) is 6.07 Å². The number of rotatable bonds is 4. The van der Waals surface area contributed by atoms with Crippen LogP contribution in [0.5, 0.6) is 0 Å². The van der Waals surface area contributed by atoms with Crippen molar-refractivity contribution in [1.82, 2.24) is 0 Å². The summed E-state index contributed by atoms with van der Waals surface area (Å²) in [5.74, 6) is -2.64. The summed E-state index contributed by atoms with van der Waals surface area (Å²) in [6.45, 7) is 1.61. The third-order valence-corrected chi connectivity index (χ3v) is 2.32. The molecule has 6 nitrogen and oxygen atoms in total. The van der Waals surface area contributed by atoms with Crippen LogP contribution in [0.4, 0.5) is 15.8 Å². The van der Waals surface area contributed by atoms with Crippen molar-refractivity contribution in [1.29, 1.82) is 5.26 Å². The summed E-state index contributed by atoms with van der Waals surface area (Å²) in [6, 6.07) is 4.98. The molecule has 0 spiro atoms. The van der Waals surface area contributed by atoms with Gasteiger partial charge in [0.05, 0.1) is 11.0 Å². The van der Waals surface area contributed by atoms with Crippen LogP contribution in [-0.4, -0.2) is 10.8 Å². The highest BCUT2D eigenvalue weighted by Crippen LogP contribution is 2.27. The highest BCUT2D eigenvalue weighted by Gasteiger charge is 2.23. The molecule has 18 heavy (non-hydrogen) atoms. The fraction of sp³-hybridized carbons (Fsp3) is 0.273. The van der Waals surface area contributed by atoms with Gasteiger partial charge in [-0.05, 0) is 12.5 Å². The molecule has 0 aliphatic carbocycles. The quantitative estimate of drug-likeness (QED) is 0.655. The Kier molecular flexibility index (Phi) is 4.32. The molecule has 1 amide bonds. The summed E-state index contributed by atoms with van der Waals surface area (Å²) in [5, 5.41) is 21.5. The number of nitro benzene ring substituents is 1. The minimum absolute atomic E-state index is 0.241. The molecule has 0 radical (unpaired) electrons. The number of amides is 1. The van der Waals surface area contributed by atoms with Crippen LogP contribution in [-0.2, 0) is 4.79 Å². The number of hydrogen-bond donors (Lipinski definition) is 1. The van der Waals surface area contributed by atoms with E-state index >= 15 is 0 Å². The smallest absolute Gasteiger partial charge is 0.295 e. The number of halogens is 1. The average molecular weight is 251 g/mol. The zero-order valence-electron chi connectivity index (χ0n) is 9.51. The fourth-order valence-corrected chi connectivity index (χ4v) is 1.33. The Morgan fingerprint density at radius 2 is 2.33 bits per heavy atom. The number of nitrogens with one attached hydrogen (secondary N) is 1. The maximum Gasteiger partial charge on any atom is 0.295 e. The maximum atomic E-state index is 13.4. The number of nitro groups is 1. The van der Waals surface area contributed by atoms with Gasteiger partial charge in [-0.25, -0.2) is 4.39 Å². The molecule has 1 aromatic carbocycles. The van der Waals surface area contributed by atoms with Crippen LogP contribution in [0.2, 0.25) is 0 Å². The van der Waals surface area contributed by atoms with E-state index < -0.39 is 33.9 Å². The molecule has 0 heterocycles. The molecular formula is C11H10FN3O3. The third-order valence-electron chi connectivity index (χ3n) is 2.32. The molecule has 0 saturated heterocycles. The van der Waals surface area contributed by atoms with Crippen molar-refractivity contribution in [2.24, 2.45) is 5.92 Å². The molecule has 94 valence electrons. The number of nitrogens with zero attached hydrogens (tertiary/aromatic N) is 2. The van der Waals surface area contributed by atoms with Gasteiger partial charge < -0.3 is 5.32 Å². The molecule has 0 aliphatic rings. The standard InChI is InChI=1S/C11H10FN3O3/c1-2-7(6-13)11(16)14-10-8(12)4-3-5-9(10)15(17)18/h3-5,7H,2H2,1H3,(H,14,16). The molecule has 0 aliphatic heterocycles. The Hall–Kier alpha value is -2.49. The van der Waals surface area contributed by atoms with E-state index in [-0.39, 0.29) is 6.42 Å². The SMILES string of the molecule is CCC(C#N)C(=O)Nc1c(F)cccc1[N+](=O)[O-]. The molecule has 1 rings (SSSR count). The molecule has 0 saturated carbocycles. The number of carbonyl (C=O) groups is 1. The van der Waals surface area contributed by atoms with Crippen molar-refractivity contribution in [3.05, 3.63) is 34.1 Å². The lowest BCUT2D eigenvalue weighted by molar-refractivity contribution is -0.384.